The summed E-state index contributed by atoms with van der Waals surface area (Å²) in [7, 11) is 0. The van der Waals surface area contributed by atoms with Crippen LogP contribution in [0.2, 0.25) is 5.02 Å². The molecule has 94 valence electrons. The molecule has 0 saturated heterocycles. The number of rotatable bonds is 4. The lowest BCUT2D eigenvalue weighted by molar-refractivity contribution is 0.282. The zero-order valence-corrected chi connectivity index (χ0v) is 10.6. The summed E-state index contributed by atoms with van der Waals surface area (Å²) >= 11 is 5.94. The van der Waals surface area contributed by atoms with Crippen LogP contribution in [0.3, 0.4) is 0 Å². The average Bonchev–Trinajstić information content (AvgIpc) is 2.41. The highest BCUT2D eigenvalue weighted by Crippen LogP contribution is 2.27. The molecule has 0 atom stereocenters. The summed E-state index contributed by atoms with van der Waals surface area (Å²) < 4.78 is 0. The van der Waals surface area contributed by atoms with Gasteiger partial charge in [0.05, 0.1) is 23.0 Å². The topological polar surface area (TPSA) is 58.3 Å². The first kappa shape index (κ1) is 12.7. The molecule has 0 unspecified atom stereocenters. The molecule has 4 N–H and O–H groups in total. The van der Waals surface area contributed by atoms with Crippen LogP contribution in [0.15, 0.2) is 42.5 Å². The fraction of sp³-hybridized carbons (Fsp3) is 0.143. The van der Waals surface area contributed by atoms with Crippen molar-refractivity contribution in [3.8, 4) is 0 Å². The molecule has 0 aliphatic carbocycles. The summed E-state index contributed by atoms with van der Waals surface area (Å²) in [5, 5.41) is 12.7. The maximum Gasteiger partial charge on any atom is 0.0739 e. The van der Waals surface area contributed by atoms with Crippen molar-refractivity contribution in [2.45, 2.75) is 13.2 Å². The van der Waals surface area contributed by atoms with E-state index in [4.69, 9.17) is 22.4 Å². The molecule has 0 aromatic heterocycles. The van der Waals surface area contributed by atoms with Crippen molar-refractivity contribution in [2.75, 3.05) is 11.1 Å². The van der Waals surface area contributed by atoms with Crippen molar-refractivity contribution in [1.29, 1.82) is 0 Å². The third-order valence-electron chi connectivity index (χ3n) is 2.74. The predicted molar refractivity (Wildman–Crippen MR) is 75.6 cm³/mol. The van der Waals surface area contributed by atoms with Crippen molar-refractivity contribution in [3.05, 3.63) is 58.6 Å². The molecule has 4 heteroatoms. The van der Waals surface area contributed by atoms with Crippen LogP contribution in [-0.4, -0.2) is 5.11 Å². The third-order valence-corrected chi connectivity index (χ3v) is 3.07. The Kier molecular flexibility index (Phi) is 4.07. The number of nitrogen functional groups attached to an aromatic ring is 1. The maximum absolute atomic E-state index is 8.96. The number of aliphatic hydroxyl groups is 1. The lowest BCUT2D eigenvalue weighted by atomic mass is 10.1. The Hall–Kier alpha value is -1.71. The van der Waals surface area contributed by atoms with E-state index < -0.39 is 0 Å². The van der Waals surface area contributed by atoms with E-state index in [1.165, 1.54) is 0 Å². The molecule has 0 fully saturated rings. The summed E-state index contributed by atoms with van der Waals surface area (Å²) in [5.74, 6) is 0. The van der Waals surface area contributed by atoms with Crippen molar-refractivity contribution in [2.24, 2.45) is 0 Å². The van der Waals surface area contributed by atoms with Gasteiger partial charge < -0.3 is 16.2 Å². The number of aliphatic hydroxyl groups excluding tert-OH is 1. The molecular weight excluding hydrogens is 248 g/mol. The maximum atomic E-state index is 8.96. The number of anilines is 2. The van der Waals surface area contributed by atoms with Gasteiger partial charge in [-0.25, -0.2) is 0 Å². The van der Waals surface area contributed by atoms with E-state index in [1.807, 2.05) is 36.4 Å². The number of nitrogens with one attached hydrogen (secondary N) is 1. The van der Waals surface area contributed by atoms with Crippen LogP contribution >= 0.6 is 11.6 Å². The number of hydrogen-bond acceptors (Lipinski definition) is 3. The second kappa shape index (κ2) is 5.76. The van der Waals surface area contributed by atoms with Gasteiger partial charge in [0.1, 0.15) is 0 Å². The summed E-state index contributed by atoms with van der Waals surface area (Å²) in [4.78, 5) is 0. The van der Waals surface area contributed by atoms with Gasteiger partial charge in [-0.05, 0) is 23.3 Å². The molecule has 2 rings (SSSR count). The minimum absolute atomic E-state index is 0.0644. The van der Waals surface area contributed by atoms with Crippen LogP contribution in [0.4, 0.5) is 11.4 Å². The van der Waals surface area contributed by atoms with E-state index in [1.54, 1.807) is 6.07 Å². The van der Waals surface area contributed by atoms with E-state index in [2.05, 4.69) is 5.32 Å². The summed E-state index contributed by atoms with van der Waals surface area (Å²) in [5.41, 5.74) is 9.27. The molecule has 2 aromatic rings. The molecular formula is C14H15ClN2O. The average molecular weight is 263 g/mol. The van der Waals surface area contributed by atoms with Crippen LogP contribution in [-0.2, 0) is 13.2 Å². The lowest BCUT2D eigenvalue weighted by Gasteiger charge is -2.10. The summed E-state index contributed by atoms with van der Waals surface area (Å²) in [6.07, 6.45) is 0. The first-order valence-corrected chi connectivity index (χ1v) is 6.05. The zero-order chi connectivity index (χ0) is 13.0. The second-order valence-corrected chi connectivity index (χ2v) is 4.44. The van der Waals surface area contributed by atoms with Gasteiger partial charge >= 0.3 is 0 Å². The first-order valence-electron chi connectivity index (χ1n) is 5.67. The predicted octanol–water partition coefficient (Wildman–Crippen LogP) is 3.03. The SMILES string of the molecule is Nc1c(Cl)cccc1NCc1ccc(CO)cc1. The van der Waals surface area contributed by atoms with E-state index in [0.29, 0.717) is 17.3 Å². The summed E-state index contributed by atoms with van der Waals surface area (Å²) in [6, 6.07) is 13.3. The number of hydrogen-bond donors (Lipinski definition) is 3. The van der Waals surface area contributed by atoms with E-state index >= 15 is 0 Å². The molecule has 0 aliphatic rings. The highest BCUT2D eigenvalue weighted by molar-refractivity contribution is 6.33. The molecule has 18 heavy (non-hydrogen) atoms. The van der Waals surface area contributed by atoms with Crippen LogP contribution in [0.1, 0.15) is 11.1 Å². The highest BCUT2D eigenvalue weighted by atomic mass is 35.5. The minimum Gasteiger partial charge on any atom is -0.396 e. The van der Waals surface area contributed by atoms with Gasteiger partial charge in [-0.15, -0.1) is 0 Å². The summed E-state index contributed by atoms with van der Waals surface area (Å²) in [6.45, 7) is 0.727. The van der Waals surface area contributed by atoms with Gasteiger partial charge in [-0.2, -0.15) is 0 Å². The molecule has 3 nitrogen and oxygen atoms in total. The fourth-order valence-corrected chi connectivity index (χ4v) is 1.83. The van der Waals surface area contributed by atoms with E-state index in [9.17, 15) is 0 Å². The number of halogens is 1. The lowest BCUT2D eigenvalue weighted by Crippen LogP contribution is -2.02. The molecule has 0 aliphatic heterocycles. The third kappa shape index (κ3) is 2.94. The van der Waals surface area contributed by atoms with Crippen molar-refractivity contribution in [1.82, 2.24) is 0 Å². The van der Waals surface area contributed by atoms with Crippen molar-refractivity contribution < 1.29 is 5.11 Å². The molecule has 0 saturated carbocycles. The molecule has 0 heterocycles. The Morgan fingerprint density at radius 2 is 1.72 bits per heavy atom. The molecule has 2 aromatic carbocycles. The van der Waals surface area contributed by atoms with E-state index in [0.717, 1.165) is 16.8 Å². The Morgan fingerprint density at radius 3 is 2.39 bits per heavy atom. The van der Waals surface area contributed by atoms with Gasteiger partial charge in [0.15, 0.2) is 0 Å². The van der Waals surface area contributed by atoms with Crippen LogP contribution < -0.4 is 11.1 Å². The van der Waals surface area contributed by atoms with Crippen LogP contribution in [0.5, 0.6) is 0 Å². The smallest absolute Gasteiger partial charge is 0.0739 e. The van der Waals surface area contributed by atoms with Crippen LogP contribution in [0.25, 0.3) is 0 Å². The zero-order valence-electron chi connectivity index (χ0n) is 9.86. The second-order valence-electron chi connectivity index (χ2n) is 4.03. The Bertz CT molecular complexity index is 526. The van der Waals surface area contributed by atoms with Crippen molar-refractivity contribution >= 4 is 23.0 Å². The van der Waals surface area contributed by atoms with Gasteiger partial charge in [0.25, 0.3) is 0 Å². The Balaban J connectivity index is 2.04. The fourth-order valence-electron chi connectivity index (χ4n) is 1.65. The van der Waals surface area contributed by atoms with Crippen LogP contribution in [0, 0.1) is 0 Å². The number of nitrogens with two attached hydrogens (primary N) is 1. The standard InChI is InChI=1S/C14H15ClN2O/c15-12-2-1-3-13(14(12)16)17-8-10-4-6-11(9-18)7-5-10/h1-7,17-18H,8-9,16H2. The first-order chi connectivity index (χ1) is 8.70. The minimum atomic E-state index is 0.0644. The molecule has 0 radical (unpaired) electrons. The molecule has 0 spiro atoms. The van der Waals surface area contributed by atoms with E-state index in [-0.39, 0.29) is 6.61 Å². The molecule has 0 bridgehead atoms. The number of para-hydroxylation sites is 1. The Labute approximate surface area is 111 Å². The highest BCUT2D eigenvalue weighted by Gasteiger charge is 2.02. The van der Waals surface area contributed by atoms with Gasteiger partial charge in [0.2, 0.25) is 0 Å². The normalized spacial score (nSPS) is 10.3. The Morgan fingerprint density at radius 1 is 1.06 bits per heavy atom. The van der Waals surface area contributed by atoms with Gasteiger partial charge in [-0.1, -0.05) is 41.9 Å². The van der Waals surface area contributed by atoms with Crippen molar-refractivity contribution in [3.63, 3.8) is 0 Å². The quantitative estimate of drug-likeness (QED) is 0.743. The largest absolute Gasteiger partial charge is 0.396 e. The number of benzene rings is 2. The monoisotopic (exact) mass is 262 g/mol. The van der Waals surface area contributed by atoms with Gasteiger partial charge in [-0.3, -0.25) is 0 Å². The molecule has 0 amide bonds. The van der Waals surface area contributed by atoms with Gasteiger partial charge in [0, 0.05) is 6.54 Å².